The molecule has 0 unspecified atom stereocenters. The molecule has 0 saturated heterocycles. The van der Waals surface area contributed by atoms with Crippen LogP contribution in [-0.4, -0.2) is 15.3 Å². The summed E-state index contributed by atoms with van der Waals surface area (Å²) in [6.07, 6.45) is 5.38. The zero-order valence-electron chi connectivity index (χ0n) is 9.33. The van der Waals surface area contributed by atoms with E-state index in [1.807, 2.05) is 10.6 Å². The van der Waals surface area contributed by atoms with E-state index in [9.17, 15) is 5.26 Å². The van der Waals surface area contributed by atoms with Crippen molar-refractivity contribution in [1.29, 1.82) is 10.5 Å². The average molecular weight is 236 g/mol. The van der Waals surface area contributed by atoms with E-state index in [4.69, 9.17) is 5.26 Å². The second kappa shape index (κ2) is 2.99. The molecule has 4 rings (SSSR count). The largest absolute Gasteiger partial charge is 0.290 e. The first-order valence-corrected chi connectivity index (χ1v) is 5.77. The molecule has 3 aliphatic rings. The van der Waals surface area contributed by atoms with Crippen molar-refractivity contribution < 1.29 is 0 Å². The quantitative estimate of drug-likeness (QED) is 0.684. The highest BCUT2D eigenvalue weighted by Crippen LogP contribution is 2.47. The number of nitrogens with zero attached hydrogens (tertiary/aromatic N) is 5. The standard InChI is InChI=1S/C12H8N6/c13-4-8-9(5-14)18-11-7-2-1-6(3-7)10(11)16-17-12(18)15-8/h1-2,6-7,11H,3H2,(H,15,17)/t6-,7+,11-/m0/s1. The fraction of sp³-hybridized carbons (Fsp3) is 0.333. The van der Waals surface area contributed by atoms with Crippen molar-refractivity contribution in [2.24, 2.45) is 16.9 Å². The van der Waals surface area contributed by atoms with Crippen molar-refractivity contribution in [3.8, 4) is 12.1 Å². The maximum absolute atomic E-state index is 9.24. The minimum absolute atomic E-state index is 0.0560. The number of rotatable bonds is 0. The average Bonchev–Trinajstić information content (AvgIpc) is 3.09. The summed E-state index contributed by atoms with van der Waals surface area (Å²) in [5, 5.41) is 22.6. The Kier molecular flexibility index (Phi) is 1.57. The van der Waals surface area contributed by atoms with E-state index in [2.05, 4.69) is 33.7 Å². The third-order valence-corrected chi connectivity index (χ3v) is 3.89. The summed E-state index contributed by atoms with van der Waals surface area (Å²) in [6.45, 7) is 0. The van der Waals surface area contributed by atoms with E-state index in [-0.39, 0.29) is 11.7 Å². The van der Waals surface area contributed by atoms with Gasteiger partial charge in [0.05, 0.1) is 11.8 Å². The summed E-state index contributed by atoms with van der Waals surface area (Å²) >= 11 is 0. The highest BCUT2D eigenvalue weighted by Gasteiger charge is 2.46. The van der Waals surface area contributed by atoms with Crippen LogP contribution in [0.25, 0.3) is 0 Å². The second-order valence-corrected chi connectivity index (χ2v) is 4.71. The Labute approximate surface area is 103 Å². The predicted molar refractivity (Wildman–Crippen MR) is 62.5 cm³/mol. The first-order valence-electron chi connectivity index (χ1n) is 5.77. The third kappa shape index (κ3) is 0.917. The van der Waals surface area contributed by atoms with Gasteiger partial charge in [0.15, 0.2) is 11.4 Å². The van der Waals surface area contributed by atoms with Gasteiger partial charge in [-0.2, -0.15) is 20.6 Å². The monoisotopic (exact) mass is 236 g/mol. The molecule has 3 atom stereocenters. The van der Waals surface area contributed by atoms with Gasteiger partial charge in [0.1, 0.15) is 12.1 Å². The number of hydrazone groups is 1. The van der Waals surface area contributed by atoms with Gasteiger partial charge in [-0.1, -0.05) is 12.2 Å². The first-order chi connectivity index (χ1) is 8.83. The molecule has 0 spiro atoms. The van der Waals surface area contributed by atoms with E-state index >= 15 is 0 Å². The highest BCUT2D eigenvalue weighted by molar-refractivity contribution is 5.97. The lowest BCUT2D eigenvalue weighted by atomic mass is 9.98. The highest BCUT2D eigenvalue weighted by atomic mass is 15.4. The van der Waals surface area contributed by atoms with Gasteiger partial charge in [0, 0.05) is 11.8 Å². The smallest absolute Gasteiger partial charge is 0.226 e. The van der Waals surface area contributed by atoms with Crippen LogP contribution in [0.5, 0.6) is 0 Å². The maximum Gasteiger partial charge on any atom is 0.226 e. The van der Waals surface area contributed by atoms with Gasteiger partial charge < -0.3 is 0 Å². The normalized spacial score (nSPS) is 29.9. The lowest BCUT2D eigenvalue weighted by Crippen LogP contribution is -2.30. The van der Waals surface area contributed by atoms with Crippen LogP contribution in [0.4, 0.5) is 5.95 Å². The molecule has 18 heavy (non-hydrogen) atoms. The Bertz CT molecular complexity index is 695. The Morgan fingerprint density at radius 2 is 2.22 bits per heavy atom. The van der Waals surface area contributed by atoms with Crippen LogP contribution in [-0.2, 0) is 0 Å². The van der Waals surface area contributed by atoms with Crippen LogP contribution in [0, 0.1) is 34.5 Å². The molecule has 6 heteroatoms. The molecule has 0 aromatic carbocycles. The molecule has 2 aliphatic carbocycles. The molecule has 6 nitrogen and oxygen atoms in total. The SMILES string of the molecule is N#Cc1nc2n(c1C#N)[C@@H]1C(=NN2)[C@H]2C=C[C@@H]1C2. The zero-order chi connectivity index (χ0) is 12.3. The molecule has 0 amide bonds. The summed E-state index contributed by atoms with van der Waals surface area (Å²) in [4.78, 5) is 4.12. The molecule has 2 heterocycles. The van der Waals surface area contributed by atoms with Gasteiger partial charge in [-0.3, -0.25) is 4.57 Å². The molecular formula is C12H8N6. The van der Waals surface area contributed by atoms with E-state index in [0.717, 1.165) is 12.1 Å². The van der Waals surface area contributed by atoms with Crippen LogP contribution in [0.15, 0.2) is 17.3 Å². The Hall–Kier alpha value is -2.60. The first kappa shape index (κ1) is 9.43. The maximum atomic E-state index is 9.24. The van der Waals surface area contributed by atoms with Crippen LogP contribution in [0.3, 0.4) is 0 Å². The van der Waals surface area contributed by atoms with Gasteiger partial charge in [0.25, 0.3) is 0 Å². The Morgan fingerprint density at radius 1 is 1.33 bits per heavy atom. The second-order valence-electron chi connectivity index (χ2n) is 4.71. The van der Waals surface area contributed by atoms with Crippen molar-refractivity contribution in [2.45, 2.75) is 12.5 Å². The van der Waals surface area contributed by atoms with Gasteiger partial charge in [-0.15, -0.1) is 0 Å². The molecule has 1 fully saturated rings. The minimum Gasteiger partial charge on any atom is -0.290 e. The lowest BCUT2D eigenvalue weighted by Gasteiger charge is -2.27. The fourth-order valence-corrected chi connectivity index (χ4v) is 3.17. The van der Waals surface area contributed by atoms with Crippen LogP contribution < -0.4 is 5.43 Å². The molecule has 0 radical (unpaired) electrons. The summed E-state index contributed by atoms with van der Waals surface area (Å²) in [7, 11) is 0. The molecule has 1 saturated carbocycles. The minimum atomic E-state index is 0.0560. The van der Waals surface area contributed by atoms with Crippen molar-refractivity contribution in [2.75, 3.05) is 5.43 Å². The van der Waals surface area contributed by atoms with Gasteiger partial charge >= 0.3 is 0 Å². The Morgan fingerprint density at radius 3 is 3.00 bits per heavy atom. The number of hydrogen-bond acceptors (Lipinski definition) is 5. The van der Waals surface area contributed by atoms with Crippen molar-refractivity contribution in [1.82, 2.24) is 9.55 Å². The van der Waals surface area contributed by atoms with E-state index in [1.54, 1.807) is 0 Å². The summed E-state index contributed by atoms with van der Waals surface area (Å²) in [6, 6.07) is 4.11. The molecule has 1 aromatic heterocycles. The molecule has 1 aromatic rings. The summed E-state index contributed by atoms with van der Waals surface area (Å²) < 4.78 is 1.83. The van der Waals surface area contributed by atoms with E-state index in [0.29, 0.717) is 23.5 Å². The predicted octanol–water partition coefficient (Wildman–Crippen LogP) is 1.15. The van der Waals surface area contributed by atoms with Gasteiger partial charge in [-0.05, 0) is 6.42 Å². The van der Waals surface area contributed by atoms with Crippen LogP contribution in [0.2, 0.25) is 0 Å². The van der Waals surface area contributed by atoms with E-state index in [1.165, 1.54) is 0 Å². The van der Waals surface area contributed by atoms with Crippen molar-refractivity contribution in [3.05, 3.63) is 23.5 Å². The zero-order valence-corrected chi connectivity index (χ0v) is 9.33. The van der Waals surface area contributed by atoms with Gasteiger partial charge in [0.2, 0.25) is 5.95 Å². The number of allylic oxidation sites excluding steroid dienone is 2. The molecule has 1 aliphatic heterocycles. The van der Waals surface area contributed by atoms with Crippen molar-refractivity contribution in [3.63, 3.8) is 0 Å². The Balaban J connectivity index is 1.97. The third-order valence-electron chi connectivity index (χ3n) is 3.89. The van der Waals surface area contributed by atoms with Crippen LogP contribution in [0.1, 0.15) is 23.9 Å². The topological polar surface area (TPSA) is 89.8 Å². The number of imidazole rings is 1. The van der Waals surface area contributed by atoms with Gasteiger partial charge in [-0.25, -0.2) is 5.43 Å². The summed E-state index contributed by atoms with van der Waals surface area (Å²) in [5.74, 6) is 1.22. The molecule has 1 N–H and O–H groups in total. The number of hydrogen-bond donors (Lipinski definition) is 1. The number of nitriles is 2. The fourth-order valence-electron chi connectivity index (χ4n) is 3.17. The molecular weight excluding hydrogens is 228 g/mol. The van der Waals surface area contributed by atoms with Crippen molar-refractivity contribution >= 4 is 11.7 Å². The van der Waals surface area contributed by atoms with Crippen LogP contribution >= 0.6 is 0 Å². The number of aromatic nitrogens is 2. The van der Waals surface area contributed by atoms with E-state index < -0.39 is 0 Å². The number of fused-ring (bicyclic) bond motifs is 7. The number of anilines is 1. The molecule has 86 valence electrons. The lowest BCUT2D eigenvalue weighted by molar-refractivity contribution is 0.511. The summed E-state index contributed by atoms with van der Waals surface area (Å²) in [5.41, 5.74) is 4.40. The molecule has 2 bridgehead atoms. The number of nitrogens with one attached hydrogen (secondary N) is 1.